The minimum absolute atomic E-state index is 0. The summed E-state index contributed by atoms with van der Waals surface area (Å²) in [4.78, 5) is 4.28. The molecular weight excluding hydrogens is 813 g/mol. The van der Waals surface area contributed by atoms with Gasteiger partial charge in [-0.15, -0.1) is 41.5 Å². The Labute approximate surface area is 308 Å². The van der Waals surface area contributed by atoms with Crippen LogP contribution in [0.3, 0.4) is 0 Å². The summed E-state index contributed by atoms with van der Waals surface area (Å²) in [6, 6.07) is 71.9. The predicted molar refractivity (Wildman–Crippen MR) is 207 cm³/mol. The van der Waals surface area contributed by atoms with Gasteiger partial charge in [-0.1, -0.05) is 87.4 Å². The van der Waals surface area contributed by atoms with Crippen LogP contribution in [-0.4, -0.2) is 10.1 Å². The van der Waals surface area contributed by atoms with E-state index in [1.54, 1.807) is 6.07 Å². The maximum absolute atomic E-state index is 8.94. The SMILES string of the molecule is OCc1cccc(-c2[c-]cccc2)n1.[Ir+3].[c-]1c(CPc2ccccc2)cccc1C[PH+](c1ccccc1)c1ccccc1.[c-]1ccccc1. The molecule has 0 aliphatic heterocycles. The van der Waals surface area contributed by atoms with E-state index in [1.165, 1.54) is 27.0 Å². The molecule has 1 aromatic heterocycles. The number of aromatic nitrogens is 1. The van der Waals surface area contributed by atoms with Crippen LogP contribution in [-0.2, 0) is 39.0 Å². The van der Waals surface area contributed by atoms with Crippen LogP contribution in [0.15, 0.2) is 182 Å². The topological polar surface area (TPSA) is 33.1 Å². The van der Waals surface area contributed by atoms with Gasteiger partial charge < -0.3 is 5.11 Å². The Hall–Kier alpha value is -4.06. The molecular formula is C44H39IrNOP2+. The summed E-state index contributed by atoms with van der Waals surface area (Å²) in [6.07, 6.45) is 2.14. The van der Waals surface area contributed by atoms with E-state index in [0.717, 1.165) is 32.2 Å². The second-order valence-corrected chi connectivity index (χ2v) is 14.6. The fourth-order valence-electron chi connectivity index (χ4n) is 4.98. The van der Waals surface area contributed by atoms with E-state index >= 15 is 0 Å². The first-order valence-corrected chi connectivity index (χ1v) is 18.9. The first-order valence-electron chi connectivity index (χ1n) is 16.0. The zero-order valence-electron chi connectivity index (χ0n) is 27.2. The Bertz CT molecular complexity index is 1810. The van der Waals surface area contributed by atoms with Gasteiger partial charge in [0.1, 0.15) is 0 Å². The van der Waals surface area contributed by atoms with E-state index < -0.39 is 7.92 Å². The van der Waals surface area contributed by atoms with Crippen LogP contribution in [0.1, 0.15) is 16.8 Å². The van der Waals surface area contributed by atoms with Crippen LogP contribution in [0, 0.1) is 18.2 Å². The number of rotatable bonds is 9. The number of aliphatic hydroxyl groups is 1. The molecule has 5 heteroatoms. The van der Waals surface area contributed by atoms with Crippen LogP contribution >= 0.6 is 16.5 Å². The number of benzene rings is 6. The van der Waals surface area contributed by atoms with Crippen molar-refractivity contribution in [3.63, 3.8) is 0 Å². The monoisotopic (exact) mass is 852 g/mol. The zero-order chi connectivity index (χ0) is 33.1. The van der Waals surface area contributed by atoms with Gasteiger partial charge in [-0.25, -0.2) is 0 Å². The summed E-state index contributed by atoms with van der Waals surface area (Å²) < 4.78 is 0. The molecule has 0 fully saturated rings. The van der Waals surface area contributed by atoms with Crippen molar-refractivity contribution in [3.05, 3.63) is 217 Å². The van der Waals surface area contributed by atoms with Crippen molar-refractivity contribution in [2.75, 3.05) is 0 Å². The van der Waals surface area contributed by atoms with E-state index in [9.17, 15) is 0 Å². The van der Waals surface area contributed by atoms with Crippen LogP contribution in [0.4, 0.5) is 0 Å². The third kappa shape index (κ3) is 13.1. The smallest absolute Gasteiger partial charge is 0.390 e. The Kier molecular flexibility index (Phi) is 16.8. The summed E-state index contributed by atoms with van der Waals surface area (Å²) in [5.41, 5.74) is 5.12. The summed E-state index contributed by atoms with van der Waals surface area (Å²) in [5, 5.41) is 13.3. The molecule has 1 atom stereocenters. The fraction of sp³-hybridized carbons (Fsp3) is 0.0682. The molecule has 244 valence electrons. The van der Waals surface area contributed by atoms with Gasteiger partial charge in [0.15, 0.2) is 0 Å². The Morgan fingerprint density at radius 3 is 1.71 bits per heavy atom. The molecule has 1 heterocycles. The van der Waals surface area contributed by atoms with E-state index in [2.05, 4.69) is 132 Å². The second-order valence-electron chi connectivity index (χ2n) is 10.8. The second kappa shape index (κ2) is 21.8. The average Bonchev–Trinajstić information content (AvgIpc) is 3.19. The van der Waals surface area contributed by atoms with Gasteiger partial charge in [0, 0.05) is 0 Å². The van der Waals surface area contributed by atoms with Gasteiger partial charge in [-0.3, -0.25) is 4.98 Å². The molecule has 1 N–H and O–H groups in total. The van der Waals surface area contributed by atoms with Gasteiger partial charge >= 0.3 is 20.1 Å². The standard InChI is InChI=1S/C26H23P2.C12H10NO.C6H5.Ir/c1-4-13-24(14-5-1)27-20-22-11-10-12-23(19-22)21-28(25-15-6-2-7-16-25)26-17-8-3-9-18-26;14-9-11-7-4-8-12(13-11)10-5-2-1-3-6-10;1-2-4-6-5-3-1;/h1-18,27H,20-21H2;1-5,7-8,14H,9H2;1-5H;/q3*-1;+3/p+1. The van der Waals surface area contributed by atoms with E-state index in [-0.39, 0.29) is 26.7 Å². The molecule has 0 amide bonds. The minimum atomic E-state index is -0.864. The normalized spacial score (nSPS) is 10.3. The van der Waals surface area contributed by atoms with Crippen molar-refractivity contribution in [1.82, 2.24) is 4.98 Å². The van der Waals surface area contributed by atoms with Crippen molar-refractivity contribution in [2.45, 2.75) is 18.9 Å². The predicted octanol–water partition coefficient (Wildman–Crippen LogP) is 8.88. The van der Waals surface area contributed by atoms with Gasteiger partial charge in [0.2, 0.25) is 0 Å². The van der Waals surface area contributed by atoms with E-state index in [1.807, 2.05) is 66.7 Å². The molecule has 7 aromatic rings. The molecule has 0 aliphatic rings. The van der Waals surface area contributed by atoms with Gasteiger partial charge in [0.25, 0.3) is 0 Å². The summed E-state index contributed by atoms with van der Waals surface area (Å²) in [7, 11) is -0.0669. The van der Waals surface area contributed by atoms with Crippen molar-refractivity contribution in [2.24, 2.45) is 0 Å². The quantitative estimate of drug-likeness (QED) is 0.116. The van der Waals surface area contributed by atoms with E-state index in [0.29, 0.717) is 5.69 Å². The molecule has 0 saturated carbocycles. The largest absolute Gasteiger partial charge is 3.00 e. The number of hydrogen-bond acceptors (Lipinski definition) is 2. The maximum atomic E-state index is 8.94. The molecule has 1 unspecified atom stereocenters. The van der Waals surface area contributed by atoms with Crippen molar-refractivity contribution < 1.29 is 25.2 Å². The summed E-state index contributed by atoms with van der Waals surface area (Å²) >= 11 is 0. The van der Waals surface area contributed by atoms with Crippen LogP contribution in [0.2, 0.25) is 0 Å². The molecule has 0 saturated heterocycles. The Morgan fingerprint density at radius 2 is 1.14 bits per heavy atom. The van der Waals surface area contributed by atoms with Crippen molar-refractivity contribution >= 4 is 32.4 Å². The fourth-order valence-corrected chi connectivity index (χ4v) is 8.53. The molecule has 0 aliphatic carbocycles. The third-order valence-corrected chi connectivity index (χ3v) is 11.4. The summed E-state index contributed by atoms with van der Waals surface area (Å²) in [6.45, 7) is -0.0271. The molecule has 0 bridgehead atoms. The number of hydrogen-bond donors (Lipinski definition) is 1. The van der Waals surface area contributed by atoms with Gasteiger partial charge in [0.05, 0.1) is 37.0 Å². The van der Waals surface area contributed by atoms with Gasteiger partial charge in [-0.2, -0.15) is 66.2 Å². The molecule has 6 aromatic carbocycles. The number of aliphatic hydroxyl groups excluding tert-OH is 1. The number of pyridine rings is 1. The number of nitrogens with zero attached hydrogens (tertiary/aromatic N) is 1. The van der Waals surface area contributed by atoms with E-state index in [4.69, 9.17) is 5.11 Å². The molecule has 0 spiro atoms. The molecule has 7 rings (SSSR count). The molecule has 0 radical (unpaired) electrons. The first-order chi connectivity index (χ1) is 23.8. The average molecular weight is 852 g/mol. The van der Waals surface area contributed by atoms with Crippen LogP contribution in [0.5, 0.6) is 0 Å². The Morgan fingerprint density at radius 1 is 0.571 bits per heavy atom. The van der Waals surface area contributed by atoms with Crippen LogP contribution in [0.25, 0.3) is 11.3 Å². The Balaban J connectivity index is 0.000000213. The minimum Gasteiger partial charge on any atom is -0.390 e. The first kappa shape index (κ1) is 37.8. The van der Waals surface area contributed by atoms with Crippen molar-refractivity contribution in [1.29, 1.82) is 0 Å². The zero-order valence-corrected chi connectivity index (χ0v) is 31.6. The summed E-state index contributed by atoms with van der Waals surface area (Å²) in [5.74, 6) is 0. The van der Waals surface area contributed by atoms with Crippen LogP contribution < -0.4 is 15.9 Å². The maximum Gasteiger partial charge on any atom is 3.00 e. The van der Waals surface area contributed by atoms with Gasteiger partial charge in [-0.05, 0) is 47.5 Å². The van der Waals surface area contributed by atoms with Crippen molar-refractivity contribution in [3.8, 4) is 11.3 Å². The third-order valence-electron chi connectivity index (χ3n) is 7.35. The molecule has 49 heavy (non-hydrogen) atoms. The molecule has 2 nitrogen and oxygen atoms in total.